The molecular formula is C23H26FN5O2S. The van der Waals surface area contributed by atoms with Crippen LogP contribution in [0.1, 0.15) is 20.9 Å². The molecule has 2 aliphatic heterocycles. The highest BCUT2D eigenvalue weighted by Crippen LogP contribution is 2.36. The molecule has 3 N–H and O–H groups in total. The van der Waals surface area contributed by atoms with Crippen molar-refractivity contribution >= 4 is 38.8 Å². The van der Waals surface area contributed by atoms with E-state index in [-0.39, 0.29) is 17.8 Å². The van der Waals surface area contributed by atoms with Gasteiger partial charge in [-0.15, -0.1) is 11.3 Å². The number of pyridine rings is 1. The molecule has 9 heteroatoms. The van der Waals surface area contributed by atoms with E-state index in [0.29, 0.717) is 34.9 Å². The number of likely N-dealkylation sites (N-methyl/N-ethyl adjacent to an activating group) is 1. The second-order valence-corrected chi connectivity index (χ2v) is 9.38. The van der Waals surface area contributed by atoms with Crippen molar-refractivity contribution in [1.82, 2.24) is 15.2 Å². The second kappa shape index (κ2) is 8.22. The smallest absolute Gasteiger partial charge is 0.266 e. The Balaban J connectivity index is 1.37. The average molecular weight is 456 g/mol. The normalized spacial score (nSPS) is 18.3. The lowest BCUT2D eigenvalue weighted by molar-refractivity contribution is 0.0658. The van der Waals surface area contributed by atoms with Crippen molar-refractivity contribution in [3.05, 3.63) is 46.2 Å². The number of aromatic nitrogens is 1. The van der Waals surface area contributed by atoms with Crippen LogP contribution >= 0.6 is 11.3 Å². The lowest BCUT2D eigenvalue weighted by Crippen LogP contribution is -2.45. The van der Waals surface area contributed by atoms with Gasteiger partial charge in [0.05, 0.1) is 11.7 Å². The number of ether oxygens (including phenoxy) is 1. The number of halogens is 1. The zero-order valence-corrected chi connectivity index (χ0v) is 19.0. The number of nitrogens with one attached hydrogen (secondary N) is 1. The largest absolute Gasteiger partial charge is 0.491 e. The summed E-state index contributed by atoms with van der Waals surface area (Å²) in [6.07, 6.45) is 0.396. The van der Waals surface area contributed by atoms with Gasteiger partial charge in [-0.25, -0.2) is 9.37 Å². The number of benzene rings is 1. The Bertz CT molecular complexity index is 1190. The first-order chi connectivity index (χ1) is 15.4. The molecule has 0 radical (unpaired) electrons. The van der Waals surface area contributed by atoms with Gasteiger partial charge in [-0.1, -0.05) is 0 Å². The van der Waals surface area contributed by atoms with Gasteiger partial charge in [0, 0.05) is 68.0 Å². The van der Waals surface area contributed by atoms with Crippen molar-refractivity contribution in [3.63, 3.8) is 0 Å². The van der Waals surface area contributed by atoms with Gasteiger partial charge in [-0.2, -0.15) is 0 Å². The van der Waals surface area contributed by atoms with Crippen LogP contribution in [0.4, 0.5) is 15.8 Å². The molecule has 32 heavy (non-hydrogen) atoms. The first kappa shape index (κ1) is 21.0. The topological polar surface area (TPSA) is 83.7 Å². The Morgan fingerprint density at radius 3 is 2.91 bits per heavy atom. The molecule has 0 aliphatic carbocycles. The molecule has 0 unspecified atom stereocenters. The maximum Gasteiger partial charge on any atom is 0.266 e. The zero-order chi connectivity index (χ0) is 22.4. The van der Waals surface area contributed by atoms with Crippen molar-refractivity contribution < 1.29 is 13.9 Å². The van der Waals surface area contributed by atoms with Crippen LogP contribution in [-0.2, 0) is 6.42 Å². The minimum Gasteiger partial charge on any atom is -0.491 e. The van der Waals surface area contributed by atoms with Crippen molar-refractivity contribution in [1.29, 1.82) is 0 Å². The number of aryl methyl sites for hydroxylation is 1. The van der Waals surface area contributed by atoms with Crippen LogP contribution in [0.5, 0.6) is 5.75 Å². The van der Waals surface area contributed by atoms with Crippen molar-refractivity contribution in [2.24, 2.45) is 0 Å². The predicted molar refractivity (Wildman–Crippen MR) is 125 cm³/mol. The summed E-state index contributed by atoms with van der Waals surface area (Å²) in [5, 5.41) is 4.09. The summed E-state index contributed by atoms with van der Waals surface area (Å²) >= 11 is 1.29. The third-order valence-electron chi connectivity index (χ3n) is 6.29. The Labute approximate surface area is 190 Å². The monoisotopic (exact) mass is 455 g/mol. The van der Waals surface area contributed by atoms with E-state index in [1.54, 1.807) is 18.0 Å². The molecule has 3 aromatic rings. The van der Waals surface area contributed by atoms with E-state index < -0.39 is 0 Å². The van der Waals surface area contributed by atoms with Gasteiger partial charge >= 0.3 is 0 Å². The van der Waals surface area contributed by atoms with E-state index in [9.17, 15) is 4.79 Å². The van der Waals surface area contributed by atoms with E-state index in [4.69, 9.17) is 10.5 Å². The number of amides is 1. The van der Waals surface area contributed by atoms with Gasteiger partial charge in [0.15, 0.2) is 0 Å². The third kappa shape index (κ3) is 3.65. The first-order valence-corrected chi connectivity index (χ1v) is 11.6. The molecule has 4 heterocycles. The summed E-state index contributed by atoms with van der Waals surface area (Å²) in [6, 6.07) is 6.99. The first-order valence-electron chi connectivity index (χ1n) is 10.8. The lowest BCUT2D eigenvalue weighted by atomic mass is 10.00. The summed E-state index contributed by atoms with van der Waals surface area (Å²) in [6.45, 7) is 5.64. The van der Waals surface area contributed by atoms with Crippen LogP contribution in [0.2, 0.25) is 0 Å². The molecule has 5 rings (SSSR count). The molecule has 2 aliphatic rings. The number of hydrogen-bond acceptors (Lipinski definition) is 7. The molecule has 2 aromatic heterocycles. The molecule has 0 spiro atoms. The maximum atomic E-state index is 15.0. The minimum absolute atomic E-state index is 0.196. The number of piperazine rings is 1. The number of carbonyl (C=O) groups excluding carboxylic acids is 1. The molecular weight excluding hydrogens is 429 g/mol. The van der Waals surface area contributed by atoms with E-state index in [1.807, 2.05) is 25.1 Å². The summed E-state index contributed by atoms with van der Waals surface area (Å²) < 4.78 is 21.0. The molecule has 1 amide bonds. The number of nitrogen functional groups attached to an aromatic ring is 1. The van der Waals surface area contributed by atoms with E-state index in [2.05, 4.69) is 15.2 Å². The van der Waals surface area contributed by atoms with Crippen LogP contribution in [0.3, 0.4) is 0 Å². The molecule has 1 atom stereocenters. The van der Waals surface area contributed by atoms with Crippen LogP contribution < -0.4 is 20.7 Å². The fraction of sp³-hybridized carbons (Fsp3) is 0.391. The summed E-state index contributed by atoms with van der Waals surface area (Å²) in [5.41, 5.74) is 8.94. The average Bonchev–Trinajstić information content (AvgIpc) is 3.13. The number of thiophene rings is 1. The Morgan fingerprint density at radius 2 is 2.12 bits per heavy atom. The summed E-state index contributed by atoms with van der Waals surface area (Å²) in [4.78, 5) is 22.7. The van der Waals surface area contributed by atoms with E-state index in [0.717, 1.165) is 47.8 Å². The Kier molecular flexibility index (Phi) is 5.38. The van der Waals surface area contributed by atoms with E-state index >= 15 is 4.39 Å². The number of anilines is 2. The minimum atomic E-state index is -0.289. The third-order valence-corrected chi connectivity index (χ3v) is 7.39. The summed E-state index contributed by atoms with van der Waals surface area (Å²) in [5.74, 6) is 0.0809. The molecule has 168 valence electrons. The quantitative estimate of drug-likeness (QED) is 0.632. The highest BCUT2D eigenvalue weighted by atomic mass is 32.1. The van der Waals surface area contributed by atoms with Gasteiger partial charge in [0.2, 0.25) is 0 Å². The van der Waals surface area contributed by atoms with Crippen LogP contribution in [-0.4, -0.2) is 61.7 Å². The van der Waals surface area contributed by atoms with Crippen molar-refractivity contribution in [2.45, 2.75) is 19.4 Å². The van der Waals surface area contributed by atoms with Gasteiger partial charge in [0.1, 0.15) is 27.9 Å². The van der Waals surface area contributed by atoms with Crippen molar-refractivity contribution in [2.75, 3.05) is 50.5 Å². The molecule has 1 fully saturated rings. The Hall–Kier alpha value is -2.91. The van der Waals surface area contributed by atoms with Crippen LogP contribution in [0.15, 0.2) is 24.3 Å². The standard InChI is InChI=1S/C23H26FN5O2S/c1-13-3-4-16-20(25)21(32-22(16)27-13)23(30)28(2)15-9-17-18(24)10-14(11-19(17)31-12-15)29-7-5-26-6-8-29/h3-4,10-11,15,26H,5-9,12,25H2,1-2H3/t15-/m0/s1. The predicted octanol–water partition coefficient (Wildman–Crippen LogP) is 2.81. The highest BCUT2D eigenvalue weighted by molar-refractivity contribution is 7.21. The number of fused-ring (bicyclic) bond motifs is 2. The molecule has 1 saturated heterocycles. The molecule has 0 bridgehead atoms. The van der Waals surface area contributed by atoms with E-state index in [1.165, 1.54) is 11.3 Å². The van der Waals surface area contributed by atoms with Gasteiger partial charge in [-0.05, 0) is 25.1 Å². The number of nitrogens with zero attached hydrogens (tertiary/aromatic N) is 3. The second-order valence-electron chi connectivity index (χ2n) is 8.38. The zero-order valence-electron chi connectivity index (χ0n) is 18.2. The lowest BCUT2D eigenvalue weighted by Gasteiger charge is -2.34. The van der Waals surface area contributed by atoms with Crippen LogP contribution in [0.25, 0.3) is 10.2 Å². The molecule has 0 saturated carbocycles. The number of carbonyl (C=O) groups is 1. The maximum absolute atomic E-state index is 15.0. The van der Waals surface area contributed by atoms with Gasteiger partial charge in [0.25, 0.3) is 5.91 Å². The molecule has 1 aromatic carbocycles. The van der Waals surface area contributed by atoms with Crippen molar-refractivity contribution in [3.8, 4) is 5.75 Å². The number of nitrogens with two attached hydrogens (primary N) is 1. The van der Waals surface area contributed by atoms with Gasteiger partial charge < -0.3 is 25.6 Å². The Morgan fingerprint density at radius 1 is 1.34 bits per heavy atom. The fourth-order valence-electron chi connectivity index (χ4n) is 4.33. The van der Waals surface area contributed by atoms with Crippen LogP contribution in [0, 0.1) is 12.7 Å². The highest BCUT2D eigenvalue weighted by Gasteiger charge is 2.31. The fourth-order valence-corrected chi connectivity index (χ4v) is 5.46. The number of rotatable bonds is 3. The SMILES string of the molecule is Cc1ccc2c(N)c(C(=O)N(C)[C@@H]3COc4cc(N5CCNCC5)cc(F)c4C3)sc2n1. The molecule has 7 nitrogen and oxygen atoms in total. The number of hydrogen-bond donors (Lipinski definition) is 2. The van der Waals surface area contributed by atoms with Gasteiger partial charge in [-0.3, -0.25) is 4.79 Å². The summed E-state index contributed by atoms with van der Waals surface area (Å²) in [7, 11) is 1.72.